The van der Waals surface area contributed by atoms with Crippen LogP contribution in [0.1, 0.15) is 26.7 Å². The van der Waals surface area contributed by atoms with E-state index in [1.807, 2.05) is 13.8 Å². The molecule has 0 spiro atoms. The highest BCUT2D eigenvalue weighted by molar-refractivity contribution is 5.78. The number of hydrogen-bond acceptors (Lipinski definition) is 3. The molecule has 0 saturated heterocycles. The van der Waals surface area contributed by atoms with Gasteiger partial charge >= 0.3 is 5.97 Å². The molecular formula is C9H20N2O3. The molecule has 0 rings (SSSR count). The third-order valence-corrected chi connectivity index (χ3v) is 1.59. The third-order valence-electron chi connectivity index (χ3n) is 1.59. The molecule has 0 heterocycles. The molecule has 0 aromatic carbocycles. The molecule has 0 radical (unpaired) electrons. The standard InChI is InChI=1S/C7H14N2O3.C2H6/c1-8-5(7(11)12)3-4-6(10)9-2;1-2/h5,8H,3-4H2,1-2H3,(H,9,10)(H,11,12);1-2H3. The van der Waals surface area contributed by atoms with Crippen LogP contribution in [-0.2, 0) is 9.59 Å². The van der Waals surface area contributed by atoms with Gasteiger partial charge < -0.3 is 15.7 Å². The van der Waals surface area contributed by atoms with Crippen LogP contribution in [0.4, 0.5) is 0 Å². The van der Waals surface area contributed by atoms with E-state index in [0.717, 1.165) is 0 Å². The van der Waals surface area contributed by atoms with E-state index >= 15 is 0 Å². The number of rotatable bonds is 5. The van der Waals surface area contributed by atoms with Crippen molar-refractivity contribution in [3.63, 3.8) is 0 Å². The SMILES string of the molecule is CC.CNC(=O)CCC(NC)C(=O)O. The van der Waals surface area contributed by atoms with E-state index in [1.165, 1.54) is 7.05 Å². The molecule has 3 N–H and O–H groups in total. The Bertz CT molecular complexity index is 171. The maximum absolute atomic E-state index is 10.7. The first-order chi connectivity index (χ1) is 6.61. The summed E-state index contributed by atoms with van der Waals surface area (Å²) in [7, 11) is 3.08. The number of nitrogens with one attached hydrogen (secondary N) is 2. The Morgan fingerprint density at radius 1 is 1.29 bits per heavy atom. The Balaban J connectivity index is 0. The first kappa shape index (κ1) is 15.4. The van der Waals surface area contributed by atoms with E-state index in [9.17, 15) is 9.59 Å². The van der Waals surface area contributed by atoms with E-state index < -0.39 is 12.0 Å². The van der Waals surface area contributed by atoms with Crippen molar-refractivity contribution in [3.8, 4) is 0 Å². The number of likely N-dealkylation sites (N-methyl/N-ethyl adjacent to an activating group) is 1. The largest absolute Gasteiger partial charge is 0.480 e. The van der Waals surface area contributed by atoms with Gasteiger partial charge in [-0.3, -0.25) is 9.59 Å². The van der Waals surface area contributed by atoms with Gasteiger partial charge in [0.1, 0.15) is 6.04 Å². The second-order valence-electron chi connectivity index (χ2n) is 2.39. The summed E-state index contributed by atoms with van der Waals surface area (Å²) >= 11 is 0. The van der Waals surface area contributed by atoms with Gasteiger partial charge in [-0.15, -0.1) is 0 Å². The first-order valence-corrected chi connectivity index (χ1v) is 4.72. The molecule has 1 unspecified atom stereocenters. The number of carboxylic acids is 1. The van der Waals surface area contributed by atoms with Gasteiger partial charge in [0.25, 0.3) is 0 Å². The fraction of sp³-hybridized carbons (Fsp3) is 0.778. The minimum Gasteiger partial charge on any atom is -0.480 e. The molecule has 0 aliphatic carbocycles. The van der Waals surface area contributed by atoms with Crippen LogP contribution >= 0.6 is 0 Å². The van der Waals surface area contributed by atoms with Crippen molar-refractivity contribution >= 4 is 11.9 Å². The molecular weight excluding hydrogens is 184 g/mol. The van der Waals surface area contributed by atoms with E-state index in [2.05, 4.69) is 10.6 Å². The fourth-order valence-electron chi connectivity index (χ4n) is 0.792. The quantitative estimate of drug-likeness (QED) is 0.598. The maximum Gasteiger partial charge on any atom is 0.320 e. The highest BCUT2D eigenvalue weighted by atomic mass is 16.4. The second-order valence-corrected chi connectivity index (χ2v) is 2.39. The van der Waals surface area contributed by atoms with Crippen LogP contribution in [0.15, 0.2) is 0 Å². The lowest BCUT2D eigenvalue weighted by molar-refractivity contribution is -0.139. The summed E-state index contributed by atoms with van der Waals surface area (Å²) in [6.45, 7) is 4.00. The lowest BCUT2D eigenvalue weighted by Crippen LogP contribution is -2.35. The first-order valence-electron chi connectivity index (χ1n) is 4.72. The van der Waals surface area contributed by atoms with Crippen molar-refractivity contribution in [1.29, 1.82) is 0 Å². The lowest BCUT2D eigenvalue weighted by Gasteiger charge is -2.09. The molecule has 0 fully saturated rings. The maximum atomic E-state index is 10.7. The molecule has 0 aromatic rings. The monoisotopic (exact) mass is 204 g/mol. The van der Waals surface area contributed by atoms with E-state index in [-0.39, 0.29) is 12.3 Å². The molecule has 0 bridgehead atoms. The van der Waals surface area contributed by atoms with E-state index in [4.69, 9.17) is 5.11 Å². The average Bonchev–Trinajstić information content (AvgIpc) is 2.21. The van der Waals surface area contributed by atoms with Crippen molar-refractivity contribution < 1.29 is 14.7 Å². The normalized spacial score (nSPS) is 10.9. The summed E-state index contributed by atoms with van der Waals surface area (Å²) in [6.07, 6.45) is 0.541. The van der Waals surface area contributed by atoms with Crippen LogP contribution in [0.3, 0.4) is 0 Å². The molecule has 1 atom stereocenters. The Morgan fingerprint density at radius 2 is 1.79 bits per heavy atom. The Kier molecular flexibility index (Phi) is 11.0. The molecule has 1 amide bonds. The molecule has 0 aliphatic rings. The van der Waals surface area contributed by atoms with Crippen LogP contribution in [-0.4, -0.2) is 37.1 Å². The minimum atomic E-state index is -0.929. The number of carbonyl (C=O) groups is 2. The second kappa shape index (κ2) is 9.98. The van der Waals surface area contributed by atoms with Gasteiger partial charge in [0.05, 0.1) is 0 Å². The summed E-state index contributed by atoms with van der Waals surface area (Å²) in [5.74, 6) is -1.07. The smallest absolute Gasteiger partial charge is 0.320 e. The van der Waals surface area contributed by atoms with Crippen molar-refractivity contribution in [1.82, 2.24) is 10.6 Å². The molecule has 5 heteroatoms. The number of aliphatic carboxylic acids is 1. The van der Waals surface area contributed by atoms with Crippen molar-refractivity contribution in [2.45, 2.75) is 32.7 Å². The predicted octanol–water partition coefficient (Wildman–Crippen LogP) is 0.211. The Labute approximate surface area is 84.9 Å². The summed E-state index contributed by atoms with van der Waals surface area (Å²) in [6, 6.07) is -0.637. The van der Waals surface area contributed by atoms with Crippen LogP contribution in [0.5, 0.6) is 0 Å². The van der Waals surface area contributed by atoms with E-state index in [1.54, 1.807) is 7.05 Å². The zero-order chi connectivity index (χ0) is 11.6. The molecule has 14 heavy (non-hydrogen) atoms. The van der Waals surface area contributed by atoms with Gasteiger partial charge in [0, 0.05) is 13.5 Å². The number of carbonyl (C=O) groups excluding carboxylic acids is 1. The Morgan fingerprint density at radius 3 is 2.07 bits per heavy atom. The van der Waals surface area contributed by atoms with Gasteiger partial charge in [0.15, 0.2) is 0 Å². The summed E-state index contributed by atoms with van der Waals surface area (Å²) in [5, 5.41) is 13.6. The number of amides is 1. The molecule has 84 valence electrons. The van der Waals surface area contributed by atoms with Gasteiger partial charge in [-0.25, -0.2) is 0 Å². The number of carboxylic acid groups (broad SMARTS) is 1. The van der Waals surface area contributed by atoms with Gasteiger partial charge in [0.2, 0.25) is 5.91 Å². The van der Waals surface area contributed by atoms with E-state index in [0.29, 0.717) is 6.42 Å². The lowest BCUT2D eigenvalue weighted by atomic mass is 10.1. The van der Waals surface area contributed by atoms with Crippen molar-refractivity contribution in [2.24, 2.45) is 0 Å². The van der Waals surface area contributed by atoms with Crippen LogP contribution in [0.25, 0.3) is 0 Å². The zero-order valence-electron chi connectivity index (χ0n) is 9.26. The van der Waals surface area contributed by atoms with Gasteiger partial charge in [-0.2, -0.15) is 0 Å². The highest BCUT2D eigenvalue weighted by Gasteiger charge is 2.15. The van der Waals surface area contributed by atoms with Crippen LogP contribution < -0.4 is 10.6 Å². The number of hydrogen-bond donors (Lipinski definition) is 3. The van der Waals surface area contributed by atoms with Crippen LogP contribution in [0.2, 0.25) is 0 Å². The van der Waals surface area contributed by atoms with Crippen LogP contribution in [0, 0.1) is 0 Å². The molecule has 5 nitrogen and oxygen atoms in total. The van der Waals surface area contributed by atoms with Crippen molar-refractivity contribution in [3.05, 3.63) is 0 Å². The third kappa shape index (κ3) is 7.54. The minimum absolute atomic E-state index is 0.142. The highest BCUT2D eigenvalue weighted by Crippen LogP contribution is 1.96. The molecule has 0 aromatic heterocycles. The average molecular weight is 204 g/mol. The predicted molar refractivity (Wildman–Crippen MR) is 55.1 cm³/mol. The fourth-order valence-corrected chi connectivity index (χ4v) is 0.792. The van der Waals surface area contributed by atoms with Gasteiger partial charge in [-0.05, 0) is 13.5 Å². The topological polar surface area (TPSA) is 78.4 Å². The molecule has 0 aliphatic heterocycles. The summed E-state index contributed by atoms with van der Waals surface area (Å²) < 4.78 is 0. The zero-order valence-corrected chi connectivity index (χ0v) is 9.26. The Hall–Kier alpha value is -1.10. The van der Waals surface area contributed by atoms with Crippen molar-refractivity contribution in [2.75, 3.05) is 14.1 Å². The summed E-state index contributed by atoms with van der Waals surface area (Å²) in [4.78, 5) is 21.2. The molecule has 0 saturated carbocycles. The van der Waals surface area contributed by atoms with Gasteiger partial charge in [-0.1, -0.05) is 13.8 Å². The summed E-state index contributed by atoms with van der Waals surface area (Å²) in [5.41, 5.74) is 0.